The fraction of sp³-hybridized carbons (Fsp3) is 0.372. The van der Waals surface area contributed by atoms with Crippen molar-refractivity contribution in [2.75, 3.05) is 0 Å². The number of aliphatic hydroxyl groups excluding tert-OH is 1. The molecule has 0 unspecified atom stereocenters. The Bertz CT molecular complexity index is 2420. The van der Waals surface area contributed by atoms with E-state index in [1.165, 1.54) is 23.8 Å². The summed E-state index contributed by atoms with van der Waals surface area (Å²) in [5.41, 5.74) is 5.02. The molecular formula is C43H45F3IrN3O2-. The van der Waals surface area contributed by atoms with Crippen LogP contribution >= 0.6 is 0 Å². The van der Waals surface area contributed by atoms with Gasteiger partial charge in [0.15, 0.2) is 5.78 Å². The molecule has 275 valence electrons. The SMILES string of the molecule is CC(C)(C)Cc1cc2ncnc3c4[c-]c5ccc(C(F)(F)F)cc5cc4n4c5ccccc5c1c4c23.CCC(CC)C(=O)/C=C(\O)C(CC)CC.[Ir]. The summed E-state index contributed by atoms with van der Waals surface area (Å²) < 4.78 is 42.7. The van der Waals surface area contributed by atoms with Crippen molar-refractivity contribution < 1.29 is 43.2 Å². The predicted molar refractivity (Wildman–Crippen MR) is 203 cm³/mol. The summed E-state index contributed by atoms with van der Waals surface area (Å²) in [7, 11) is 0. The first-order chi connectivity index (χ1) is 24.2. The van der Waals surface area contributed by atoms with Crippen molar-refractivity contribution in [3.8, 4) is 0 Å². The Kier molecular flexibility index (Phi) is 11.4. The first kappa shape index (κ1) is 39.1. The minimum Gasteiger partial charge on any atom is -0.512 e. The van der Waals surface area contributed by atoms with Crippen LogP contribution in [-0.4, -0.2) is 25.3 Å². The smallest absolute Gasteiger partial charge is 0.415 e. The molecule has 1 radical (unpaired) electrons. The molecule has 3 aromatic heterocycles. The maximum Gasteiger partial charge on any atom is 0.415 e. The number of ketones is 1. The number of halogens is 3. The molecule has 0 atom stereocenters. The summed E-state index contributed by atoms with van der Waals surface area (Å²) in [6.07, 6.45) is 2.92. The second-order valence-electron chi connectivity index (χ2n) is 14.8. The number of hydrogen-bond donors (Lipinski definition) is 1. The van der Waals surface area contributed by atoms with Gasteiger partial charge in [-0.2, -0.15) is 13.2 Å². The van der Waals surface area contributed by atoms with Crippen LogP contribution in [0.1, 0.15) is 85.3 Å². The van der Waals surface area contributed by atoms with E-state index in [-0.39, 0.29) is 48.9 Å². The summed E-state index contributed by atoms with van der Waals surface area (Å²) in [6.45, 7) is 14.7. The second kappa shape index (κ2) is 15.1. The number of para-hydroxylation sites is 1. The third kappa shape index (κ3) is 7.27. The van der Waals surface area contributed by atoms with Crippen molar-refractivity contribution in [3.63, 3.8) is 0 Å². The van der Waals surface area contributed by atoms with E-state index in [1.54, 1.807) is 6.33 Å². The summed E-state index contributed by atoms with van der Waals surface area (Å²) in [6, 6.07) is 19.4. The largest absolute Gasteiger partial charge is 0.512 e. The first-order valence-corrected chi connectivity index (χ1v) is 17.9. The van der Waals surface area contributed by atoms with E-state index < -0.39 is 11.7 Å². The average Bonchev–Trinajstić information content (AvgIpc) is 3.43. The number of nitrogens with zero attached hydrogens (tertiary/aromatic N) is 3. The van der Waals surface area contributed by atoms with E-state index in [0.29, 0.717) is 10.8 Å². The van der Waals surface area contributed by atoms with Crippen LogP contribution in [0.2, 0.25) is 0 Å². The van der Waals surface area contributed by atoms with Gasteiger partial charge in [-0.05, 0) is 60.7 Å². The normalized spacial score (nSPS) is 12.9. The zero-order valence-corrected chi connectivity index (χ0v) is 33.1. The number of aliphatic hydroxyl groups is 1. The molecule has 0 aliphatic heterocycles. The van der Waals surface area contributed by atoms with Gasteiger partial charge in [-0.1, -0.05) is 95.6 Å². The van der Waals surface area contributed by atoms with Crippen LogP contribution in [0.25, 0.3) is 59.9 Å². The molecule has 0 saturated heterocycles. The average molecular weight is 885 g/mol. The maximum atomic E-state index is 13.5. The Hall–Kier alpha value is -4.07. The van der Waals surface area contributed by atoms with Crippen LogP contribution in [0.4, 0.5) is 13.2 Å². The zero-order valence-electron chi connectivity index (χ0n) is 30.7. The van der Waals surface area contributed by atoms with Crippen LogP contribution < -0.4 is 0 Å². The molecule has 0 fully saturated rings. The number of aromatic nitrogens is 3. The minimum atomic E-state index is -4.41. The van der Waals surface area contributed by atoms with E-state index in [9.17, 15) is 23.1 Å². The topological polar surface area (TPSA) is 67.5 Å². The monoisotopic (exact) mass is 885 g/mol. The van der Waals surface area contributed by atoms with Crippen LogP contribution in [0, 0.1) is 23.3 Å². The van der Waals surface area contributed by atoms with E-state index in [0.717, 1.165) is 87.3 Å². The van der Waals surface area contributed by atoms with Gasteiger partial charge >= 0.3 is 6.18 Å². The molecule has 52 heavy (non-hydrogen) atoms. The molecule has 1 N–H and O–H groups in total. The summed E-state index contributed by atoms with van der Waals surface area (Å²) in [5.74, 6) is 0.547. The fourth-order valence-corrected chi connectivity index (χ4v) is 7.46. The number of alkyl halides is 3. The number of carbonyl (C=O) groups is 1. The molecule has 9 heteroatoms. The summed E-state index contributed by atoms with van der Waals surface area (Å²) in [4.78, 5) is 21.0. The molecule has 0 bridgehead atoms. The van der Waals surface area contributed by atoms with E-state index in [4.69, 9.17) is 0 Å². The van der Waals surface area contributed by atoms with Gasteiger partial charge in [0.25, 0.3) is 0 Å². The van der Waals surface area contributed by atoms with Gasteiger partial charge in [0, 0.05) is 70.8 Å². The molecule has 0 saturated carbocycles. The Morgan fingerprint density at radius 1 is 0.885 bits per heavy atom. The molecule has 4 aromatic carbocycles. The van der Waals surface area contributed by atoms with Crippen molar-refractivity contribution in [1.29, 1.82) is 0 Å². The van der Waals surface area contributed by atoms with Gasteiger partial charge in [0.2, 0.25) is 0 Å². The Labute approximate surface area is 316 Å². The standard InChI is InChI=1S/C30H21F3N3.C13H24O2.Ir/c1-29(2,3)14-18-12-22-26-27(35-15-34-22)21-11-16-8-9-19(30(31,32)33)10-17(16)13-24(21)36-23-7-5-4-6-20(23)25(18)28(26)36;1-5-10(6-2)12(14)9-13(15)11(7-3)8-4;/h4-10,12-13,15H,14H2,1-3H3;9-11,14H,5-8H2,1-4H3;/q-1;;/b;12-9-;. The van der Waals surface area contributed by atoms with Crippen molar-refractivity contribution in [2.24, 2.45) is 17.3 Å². The first-order valence-electron chi connectivity index (χ1n) is 17.9. The Morgan fingerprint density at radius 3 is 2.19 bits per heavy atom. The molecule has 0 spiro atoms. The van der Waals surface area contributed by atoms with Gasteiger partial charge in [-0.15, -0.1) is 17.5 Å². The van der Waals surface area contributed by atoms with E-state index >= 15 is 0 Å². The van der Waals surface area contributed by atoms with Crippen LogP contribution in [0.5, 0.6) is 0 Å². The van der Waals surface area contributed by atoms with Gasteiger partial charge < -0.3 is 9.51 Å². The molecule has 3 heterocycles. The molecule has 0 aliphatic carbocycles. The van der Waals surface area contributed by atoms with Crippen LogP contribution in [0.3, 0.4) is 0 Å². The van der Waals surface area contributed by atoms with E-state index in [1.807, 2.05) is 45.9 Å². The number of allylic oxidation sites excluding steroid dienone is 2. The van der Waals surface area contributed by atoms with Crippen molar-refractivity contribution in [2.45, 2.75) is 86.7 Å². The number of pyridine rings is 1. The number of rotatable bonds is 8. The van der Waals surface area contributed by atoms with Gasteiger partial charge in [0.1, 0.15) is 6.33 Å². The molecule has 0 aliphatic rings. The predicted octanol–water partition coefficient (Wildman–Crippen LogP) is 12.2. The van der Waals surface area contributed by atoms with Gasteiger partial charge in [-0.3, -0.25) is 9.78 Å². The number of hydrogen-bond acceptors (Lipinski definition) is 4. The third-order valence-electron chi connectivity index (χ3n) is 10.1. The maximum absolute atomic E-state index is 13.5. The molecule has 5 nitrogen and oxygen atoms in total. The molecule has 0 amide bonds. The number of benzene rings is 4. The molecule has 7 rings (SSSR count). The quantitative estimate of drug-likeness (QED) is 0.0543. The Balaban J connectivity index is 0.000000280. The minimum absolute atomic E-state index is 0. The fourth-order valence-electron chi connectivity index (χ4n) is 7.46. The van der Waals surface area contributed by atoms with Crippen molar-refractivity contribution >= 4 is 65.7 Å². The van der Waals surface area contributed by atoms with Gasteiger partial charge in [0.05, 0.1) is 16.8 Å². The number of carbonyl (C=O) groups excluding carboxylic acids is 1. The van der Waals surface area contributed by atoms with Crippen LogP contribution in [-0.2, 0) is 37.5 Å². The van der Waals surface area contributed by atoms with Crippen molar-refractivity contribution in [3.05, 3.63) is 90.0 Å². The summed E-state index contributed by atoms with van der Waals surface area (Å²) in [5, 5.41) is 14.9. The van der Waals surface area contributed by atoms with Crippen LogP contribution in [0.15, 0.2) is 72.8 Å². The number of fused-ring (bicyclic) bond motifs is 7. The van der Waals surface area contributed by atoms with E-state index in [2.05, 4.69) is 59.4 Å². The zero-order chi connectivity index (χ0) is 36.8. The van der Waals surface area contributed by atoms with Gasteiger partial charge in [-0.25, -0.2) is 4.98 Å². The molecular weight excluding hydrogens is 840 g/mol. The summed E-state index contributed by atoms with van der Waals surface area (Å²) >= 11 is 0. The molecule has 7 aromatic rings. The van der Waals surface area contributed by atoms with Crippen molar-refractivity contribution in [1.82, 2.24) is 14.4 Å². The Morgan fingerprint density at radius 2 is 1.56 bits per heavy atom. The second-order valence-corrected chi connectivity index (χ2v) is 14.8. The third-order valence-corrected chi connectivity index (χ3v) is 10.1.